The standard InChI is InChI=1S/C36H33N3O5S/c1-35(2,3)43-33(42)31(25-16-8-4-9-17-25)44-39-30(32(40)41)29-24-45-34(37-29)38-36(26-18-10-5-11-19-26,27-20-12-6-13-21-27)28-22-14-7-15-23-28/h4-24,31H,1-3H3,(H,37,38)(H,40,41). The van der Waals surface area contributed by atoms with E-state index < -0.39 is 34.9 Å². The van der Waals surface area contributed by atoms with Crippen LogP contribution >= 0.6 is 11.3 Å². The van der Waals surface area contributed by atoms with Crippen LogP contribution in [0.2, 0.25) is 0 Å². The van der Waals surface area contributed by atoms with Crippen LogP contribution in [0.4, 0.5) is 5.13 Å². The fraction of sp³-hybridized carbons (Fsp3) is 0.167. The lowest BCUT2D eigenvalue weighted by Gasteiger charge is -2.36. The lowest BCUT2D eigenvalue weighted by Crippen LogP contribution is -2.38. The van der Waals surface area contributed by atoms with Gasteiger partial charge in [0, 0.05) is 10.9 Å². The monoisotopic (exact) mass is 619 g/mol. The van der Waals surface area contributed by atoms with Crippen molar-refractivity contribution < 1.29 is 24.3 Å². The molecule has 0 aliphatic heterocycles. The van der Waals surface area contributed by atoms with Gasteiger partial charge in [-0.25, -0.2) is 14.6 Å². The number of hydrogen-bond acceptors (Lipinski definition) is 8. The summed E-state index contributed by atoms with van der Waals surface area (Å²) in [4.78, 5) is 35.7. The molecular formula is C36H33N3O5S. The molecule has 0 bridgehead atoms. The fourth-order valence-electron chi connectivity index (χ4n) is 4.91. The van der Waals surface area contributed by atoms with Gasteiger partial charge in [-0.1, -0.05) is 126 Å². The van der Waals surface area contributed by atoms with E-state index in [9.17, 15) is 14.7 Å². The minimum absolute atomic E-state index is 0.0779. The van der Waals surface area contributed by atoms with E-state index in [1.54, 1.807) is 56.5 Å². The number of esters is 1. The summed E-state index contributed by atoms with van der Waals surface area (Å²) >= 11 is 1.24. The van der Waals surface area contributed by atoms with Gasteiger partial charge in [-0.05, 0) is 37.5 Å². The average Bonchev–Trinajstić information content (AvgIpc) is 3.50. The van der Waals surface area contributed by atoms with Crippen molar-refractivity contribution in [2.24, 2.45) is 5.16 Å². The van der Waals surface area contributed by atoms with E-state index in [1.165, 1.54) is 11.3 Å². The van der Waals surface area contributed by atoms with Crippen LogP contribution in [0.1, 0.15) is 54.8 Å². The molecule has 0 spiro atoms. The molecule has 1 unspecified atom stereocenters. The number of ether oxygens (including phenoxy) is 1. The summed E-state index contributed by atoms with van der Waals surface area (Å²) < 4.78 is 5.53. The third-order valence-electron chi connectivity index (χ3n) is 6.84. The quantitative estimate of drug-likeness (QED) is 0.0685. The van der Waals surface area contributed by atoms with Crippen molar-refractivity contribution in [2.75, 3.05) is 5.32 Å². The van der Waals surface area contributed by atoms with Crippen molar-refractivity contribution in [1.82, 2.24) is 4.98 Å². The van der Waals surface area contributed by atoms with E-state index in [0.717, 1.165) is 16.7 Å². The Morgan fingerprint density at radius 3 is 1.69 bits per heavy atom. The Hall–Kier alpha value is -5.28. The molecule has 8 nitrogen and oxygen atoms in total. The molecule has 1 atom stereocenters. The van der Waals surface area contributed by atoms with E-state index in [4.69, 9.17) is 9.57 Å². The molecule has 228 valence electrons. The second-order valence-electron chi connectivity index (χ2n) is 11.2. The number of anilines is 1. The zero-order valence-electron chi connectivity index (χ0n) is 25.1. The molecule has 0 aliphatic carbocycles. The van der Waals surface area contributed by atoms with Gasteiger partial charge in [-0.2, -0.15) is 0 Å². The van der Waals surface area contributed by atoms with Crippen LogP contribution in [-0.4, -0.2) is 33.3 Å². The van der Waals surface area contributed by atoms with E-state index >= 15 is 0 Å². The highest BCUT2D eigenvalue weighted by atomic mass is 32.1. The van der Waals surface area contributed by atoms with Gasteiger partial charge in [0.25, 0.3) is 0 Å². The number of nitrogens with zero attached hydrogens (tertiary/aromatic N) is 2. The predicted octanol–water partition coefficient (Wildman–Crippen LogP) is 7.44. The first-order valence-corrected chi connectivity index (χ1v) is 15.2. The number of nitrogens with one attached hydrogen (secondary N) is 1. The number of thiazole rings is 1. The first-order chi connectivity index (χ1) is 21.7. The number of carboxylic acid groups (broad SMARTS) is 1. The summed E-state index contributed by atoms with van der Waals surface area (Å²) in [7, 11) is 0. The first kappa shape index (κ1) is 31.2. The van der Waals surface area contributed by atoms with Gasteiger partial charge in [0.05, 0.1) is 0 Å². The number of benzene rings is 4. The van der Waals surface area contributed by atoms with Gasteiger partial charge in [0.15, 0.2) is 5.13 Å². The number of aromatic nitrogens is 1. The first-order valence-electron chi connectivity index (χ1n) is 14.3. The Labute approximate surface area is 266 Å². The molecule has 5 rings (SSSR count). The molecule has 1 aromatic heterocycles. The molecule has 0 saturated carbocycles. The summed E-state index contributed by atoms with van der Waals surface area (Å²) in [6, 6.07) is 38.7. The number of carboxylic acids is 1. The van der Waals surface area contributed by atoms with E-state index in [2.05, 4.69) is 15.5 Å². The van der Waals surface area contributed by atoms with Crippen molar-refractivity contribution in [2.45, 2.75) is 38.0 Å². The molecule has 9 heteroatoms. The van der Waals surface area contributed by atoms with Gasteiger partial charge in [0.1, 0.15) is 16.8 Å². The average molecular weight is 620 g/mol. The summed E-state index contributed by atoms with van der Waals surface area (Å²) in [6.07, 6.45) is -1.28. The molecule has 0 amide bonds. The van der Waals surface area contributed by atoms with Crippen LogP contribution in [0.3, 0.4) is 0 Å². The van der Waals surface area contributed by atoms with Crippen LogP contribution in [0, 0.1) is 0 Å². The largest absolute Gasteiger partial charge is 0.476 e. The van der Waals surface area contributed by atoms with Gasteiger partial charge in [-0.3, -0.25) is 0 Å². The highest BCUT2D eigenvalue weighted by Crippen LogP contribution is 2.40. The summed E-state index contributed by atoms with van der Waals surface area (Å²) in [5.41, 5.74) is 1.37. The van der Waals surface area contributed by atoms with E-state index in [0.29, 0.717) is 10.7 Å². The number of oxime groups is 1. The Kier molecular flexibility index (Phi) is 9.39. The molecule has 0 fully saturated rings. The zero-order chi connectivity index (χ0) is 31.9. The molecule has 1 heterocycles. The van der Waals surface area contributed by atoms with Gasteiger partial charge in [0.2, 0.25) is 11.8 Å². The molecule has 2 N–H and O–H groups in total. The van der Waals surface area contributed by atoms with Crippen molar-refractivity contribution in [3.05, 3.63) is 155 Å². The molecule has 0 saturated heterocycles. The van der Waals surface area contributed by atoms with E-state index in [1.807, 2.05) is 91.0 Å². The third kappa shape index (κ3) is 7.27. The molecule has 0 aliphatic rings. The fourth-order valence-corrected chi connectivity index (χ4v) is 5.66. The van der Waals surface area contributed by atoms with E-state index in [-0.39, 0.29) is 5.69 Å². The SMILES string of the molecule is CC(C)(C)OC(=O)C(ON=C(C(=O)O)c1csc(NC(c2ccccc2)(c2ccccc2)c2ccccc2)n1)c1ccccc1. The number of rotatable bonds is 11. The molecular weight excluding hydrogens is 586 g/mol. The van der Waals surface area contributed by atoms with Gasteiger partial charge in [-0.15, -0.1) is 11.3 Å². The number of aliphatic carboxylic acids is 1. The third-order valence-corrected chi connectivity index (χ3v) is 7.59. The topological polar surface area (TPSA) is 110 Å². The molecule has 4 aromatic carbocycles. The van der Waals surface area contributed by atoms with Crippen molar-refractivity contribution in [3.8, 4) is 0 Å². The minimum Gasteiger partial charge on any atom is -0.476 e. The lowest BCUT2D eigenvalue weighted by molar-refractivity contribution is -0.169. The molecule has 5 aromatic rings. The summed E-state index contributed by atoms with van der Waals surface area (Å²) in [5, 5.41) is 19.8. The Bertz CT molecular complexity index is 1660. The maximum absolute atomic E-state index is 13.1. The second-order valence-corrected chi connectivity index (χ2v) is 12.0. The van der Waals surface area contributed by atoms with Crippen LogP contribution in [0.25, 0.3) is 0 Å². The summed E-state index contributed by atoms with van der Waals surface area (Å²) in [5.74, 6) is -2.05. The highest BCUT2D eigenvalue weighted by Gasteiger charge is 2.37. The van der Waals surface area contributed by atoms with Crippen molar-refractivity contribution >= 4 is 34.1 Å². The number of carbonyl (C=O) groups excluding carboxylic acids is 1. The zero-order valence-corrected chi connectivity index (χ0v) is 25.9. The molecule has 0 radical (unpaired) electrons. The van der Waals surface area contributed by atoms with Gasteiger partial charge >= 0.3 is 11.9 Å². The Morgan fingerprint density at radius 1 is 0.778 bits per heavy atom. The van der Waals surface area contributed by atoms with Crippen LogP contribution < -0.4 is 5.32 Å². The normalized spacial score (nSPS) is 12.6. The Balaban J connectivity index is 1.53. The van der Waals surface area contributed by atoms with Crippen molar-refractivity contribution in [3.63, 3.8) is 0 Å². The van der Waals surface area contributed by atoms with Crippen LogP contribution in [0.5, 0.6) is 0 Å². The summed E-state index contributed by atoms with van der Waals surface area (Å²) in [6.45, 7) is 5.22. The predicted molar refractivity (Wildman–Crippen MR) is 175 cm³/mol. The lowest BCUT2D eigenvalue weighted by atomic mass is 9.77. The minimum atomic E-state index is -1.36. The second kappa shape index (κ2) is 13.6. The van der Waals surface area contributed by atoms with Crippen molar-refractivity contribution in [1.29, 1.82) is 0 Å². The number of hydrogen-bond donors (Lipinski definition) is 2. The maximum atomic E-state index is 13.1. The van der Waals surface area contributed by atoms with Crippen LogP contribution in [0.15, 0.2) is 132 Å². The maximum Gasteiger partial charge on any atom is 0.360 e. The molecule has 45 heavy (non-hydrogen) atoms. The smallest absolute Gasteiger partial charge is 0.360 e. The highest BCUT2D eigenvalue weighted by molar-refractivity contribution is 7.14. The Morgan fingerprint density at radius 2 is 1.24 bits per heavy atom. The number of carbonyl (C=O) groups is 2. The van der Waals surface area contributed by atoms with Gasteiger partial charge < -0.3 is 20.0 Å². The van der Waals surface area contributed by atoms with Crippen LogP contribution in [-0.2, 0) is 24.7 Å².